The molecule has 3 aromatic rings. The second kappa shape index (κ2) is 10.2. The van der Waals surface area contributed by atoms with E-state index in [0.717, 1.165) is 12.1 Å². The van der Waals surface area contributed by atoms with Gasteiger partial charge in [-0.15, -0.1) is 10.2 Å². The number of anilines is 1. The van der Waals surface area contributed by atoms with Crippen LogP contribution in [0.5, 0.6) is 0 Å². The van der Waals surface area contributed by atoms with Crippen LogP contribution in [0.2, 0.25) is 5.02 Å². The molecule has 2 heterocycles. The zero-order valence-electron chi connectivity index (χ0n) is 15.6. The number of benzene rings is 1. The fourth-order valence-corrected chi connectivity index (χ4v) is 4.07. The lowest BCUT2D eigenvalue weighted by Gasteiger charge is -2.21. The first-order valence-electron chi connectivity index (χ1n) is 8.58. The number of amides is 2. The number of carbonyl (C=O) groups is 2. The van der Waals surface area contributed by atoms with Gasteiger partial charge in [-0.1, -0.05) is 34.7 Å². The van der Waals surface area contributed by atoms with Crippen LogP contribution in [0.25, 0.3) is 0 Å². The van der Waals surface area contributed by atoms with Crippen molar-refractivity contribution in [3.05, 3.63) is 58.5 Å². The van der Waals surface area contributed by atoms with Gasteiger partial charge in [-0.25, -0.2) is 0 Å². The molecular weight excluding hydrogens is 477 g/mol. The Bertz CT molecular complexity index is 1030. The Morgan fingerprint density at radius 2 is 2.10 bits per heavy atom. The van der Waals surface area contributed by atoms with Gasteiger partial charge in [0.2, 0.25) is 11.8 Å². The number of nitrogens with one attached hydrogen (secondary N) is 1. The summed E-state index contributed by atoms with van der Waals surface area (Å²) in [5.74, 6) is -0.592. The number of carbonyl (C=O) groups excluding carboxylic acids is 2. The smallest absolute Gasteiger partial charge is 0.417 e. The summed E-state index contributed by atoms with van der Waals surface area (Å²) in [5, 5.41) is 9.41. The lowest BCUT2D eigenvalue weighted by atomic mass is 10.2. The minimum absolute atomic E-state index is 0.00233. The van der Waals surface area contributed by atoms with Gasteiger partial charge in [-0.3, -0.25) is 9.59 Å². The SMILES string of the molecule is O=C(CN(Cc1ccco1)C(=O)CSc1nncs1)Nc1ccc(Cl)c(C(F)(F)F)c1. The molecule has 0 aliphatic rings. The Morgan fingerprint density at radius 1 is 1.29 bits per heavy atom. The summed E-state index contributed by atoms with van der Waals surface area (Å²) in [4.78, 5) is 26.4. The number of halogens is 4. The molecule has 2 amide bonds. The molecule has 1 N–H and O–H groups in total. The highest BCUT2D eigenvalue weighted by Gasteiger charge is 2.33. The molecule has 0 saturated heterocycles. The highest BCUT2D eigenvalue weighted by Crippen LogP contribution is 2.36. The molecule has 3 rings (SSSR count). The van der Waals surface area contributed by atoms with E-state index >= 15 is 0 Å². The van der Waals surface area contributed by atoms with Crippen molar-refractivity contribution in [3.8, 4) is 0 Å². The van der Waals surface area contributed by atoms with Crippen LogP contribution < -0.4 is 5.32 Å². The Kier molecular flexibility index (Phi) is 7.57. The molecule has 164 valence electrons. The number of furan rings is 1. The number of thioether (sulfide) groups is 1. The number of aromatic nitrogens is 2. The maximum atomic E-state index is 13.0. The topological polar surface area (TPSA) is 88.3 Å². The van der Waals surface area contributed by atoms with Gasteiger partial charge in [-0.2, -0.15) is 13.2 Å². The number of hydrogen-bond acceptors (Lipinski definition) is 7. The van der Waals surface area contributed by atoms with E-state index in [1.807, 2.05) is 0 Å². The van der Waals surface area contributed by atoms with Crippen molar-refractivity contribution in [1.29, 1.82) is 0 Å². The summed E-state index contributed by atoms with van der Waals surface area (Å²) in [6, 6.07) is 6.32. The van der Waals surface area contributed by atoms with E-state index in [1.165, 1.54) is 45.8 Å². The molecular formula is C18H14ClF3N4O3S2. The van der Waals surface area contributed by atoms with Gasteiger partial charge >= 0.3 is 6.18 Å². The average Bonchev–Trinajstić information content (AvgIpc) is 3.40. The summed E-state index contributed by atoms with van der Waals surface area (Å²) in [6.07, 6.45) is -3.23. The second-order valence-electron chi connectivity index (χ2n) is 6.06. The molecule has 0 atom stereocenters. The Balaban J connectivity index is 1.68. The van der Waals surface area contributed by atoms with Crippen molar-refractivity contribution >= 4 is 52.2 Å². The first-order chi connectivity index (χ1) is 14.7. The molecule has 1 aromatic carbocycles. The fraction of sp³-hybridized carbons (Fsp3) is 0.222. The summed E-state index contributed by atoms with van der Waals surface area (Å²) in [5.41, 5.74) is 0.377. The zero-order valence-corrected chi connectivity index (χ0v) is 17.9. The van der Waals surface area contributed by atoms with Crippen LogP contribution in [-0.4, -0.2) is 39.2 Å². The van der Waals surface area contributed by atoms with Crippen molar-refractivity contribution in [1.82, 2.24) is 15.1 Å². The summed E-state index contributed by atoms with van der Waals surface area (Å²) < 4.78 is 44.9. The second-order valence-corrected chi connectivity index (χ2v) is 8.53. The molecule has 31 heavy (non-hydrogen) atoms. The normalized spacial score (nSPS) is 11.4. The van der Waals surface area contributed by atoms with E-state index in [2.05, 4.69) is 15.5 Å². The van der Waals surface area contributed by atoms with Crippen LogP contribution in [0, 0.1) is 0 Å². The Hall–Kier alpha value is -2.57. The first-order valence-corrected chi connectivity index (χ1v) is 10.8. The van der Waals surface area contributed by atoms with Gasteiger partial charge < -0.3 is 14.6 Å². The molecule has 0 bridgehead atoms. The van der Waals surface area contributed by atoms with E-state index in [9.17, 15) is 22.8 Å². The van der Waals surface area contributed by atoms with Crippen LogP contribution in [0.3, 0.4) is 0 Å². The third-order valence-corrected chi connectivity index (χ3v) is 6.00. The molecule has 0 unspecified atom stereocenters. The Morgan fingerprint density at radius 3 is 2.74 bits per heavy atom. The molecule has 0 fully saturated rings. The molecule has 2 aromatic heterocycles. The van der Waals surface area contributed by atoms with Crippen molar-refractivity contribution < 1.29 is 27.2 Å². The minimum atomic E-state index is -4.67. The predicted molar refractivity (Wildman–Crippen MR) is 110 cm³/mol. The van der Waals surface area contributed by atoms with Gasteiger partial charge in [0.25, 0.3) is 0 Å². The molecule has 0 aliphatic heterocycles. The fourth-order valence-electron chi connectivity index (χ4n) is 2.46. The maximum Gasteiger partial charge on any atom is 0.417 e. The van der Waals surface area contributed by atoms with Gasteiger partial charge in [0.05, 0.1) is 29.1 Å². The predicted octanol–water partition coefficient (Wildman–Crippen LogP) is 4.56. The van der Waals surface area contributed by atoms with Crippen molar-refractivity contribution in [2.45, 2.75) is 17.1 Å². The summed E-state index contributed by atoms with van der Waals surface area (Å²) in [7, 11) is 0. The van der Waals surface area contributed by atoms with Crippen molar-refractivity contribution in [3.63, 3.8) is 0 Å². The van der Waals surface area contributed by atoms with Gasteiger partial charge in [0, 0.05) is 5.69 Å². The Labute approximate surface area is 187 Å². The third kappa shape index (κ3) is 6.71. The standard InChI is InChI=1S/C18H14ClF3N4O3S2/c19-14-4-3-11(6-13(14)18(20,21)22)24-15(27)8-26(7-12-2-1-5-29-12)16(28)9-30-17-25-23-10-31-17/h1-6,10H,7-9H2,(H,24,27). The largest absolute Gasteiger partial charge is 0.467 e. The van der Waals surface area contributed by atoms with Gasteiger partial charge in [0.1, 0.15) is 17.8 Å². The number of nitrogens with zero attached hydrogens (tertiary/aromatic N) is 3. The maximum absolute atomic E-state index is 13.0. The molecule has 0 spiro atoms. The summed E-state index contributed by atoms with van der Waals surface area (Å²) >= 11 is 8.03. The van der Waals surface area contributed by atoms with Gasteiger partial charge in [-0.05, 0) is 30.3 Å². The van der Waals surface area contributed by atoms with Gasteiger partial charge in [0.15, 0.2) is 4.34 Å². The van der Waals surface area contributed by atoms with Crippen LogP contribution in [0.1, 0.15) is 11.3 Å². The van der Waals surface area contributed by atoms with E-state index in [1.54, 1.807) is 12.1 Å². The van der Waals surface area contributed by atoms with E-state index < -0.39 is 22.7 Å². The van der Waals surface area contributed by atoms with Crippen LogP contribution in [-0.2, 0) is 22.3 Å². The minimum Gasteiger partial charge on any atom is -0.467 e. The van der Waals surface area contributed by atoms with Crippen LogP contribution in [0.15, 0.2) is 50.9 Å². The molecule has 13 heteroatoms. The van der Waals surface area contributed by atoms with E-state index in [-0.39, 0.29) is 30.4 Å². The van der Waals surface area contributed by atoms with Crippen molar-refractivity contribution in [2.24, 2.45) is 0 Å². The number of alkyl halides is 3. The highest BCUT2D eigenvalue weighted by atomic mass is 35.5. The lowest BCUT2D eigenvalue weighted by molar-refractivity contribution is -0.137. The highest BCUT2D eigenvalue weighted by molar-refractivity contribution is 8.01. The summed E-state index contributed by atoms with van der Waals surface area (Å²) in [6.45, 7) is -0.370. The monoisotopic (exact) mass is 490 g/mol. The first kappa shape index (κ1) is 23.1. The van der Waals surface area contributed by atoms with Crippen LogP contribution in [0.4, 0.5) is 18.9 Å². The van der Waals surface area contributed by atoms with E-state index in [4.69, 9.17) is 16.0 Å². The molecule has 0 aliphatic carbocycles. The molecule has 7 nitrogen and oxygen atoms in total. The zero-order chi connectivity index (χ0) is 22.4. The number of hydrogen-bond donors (Lipinski definition) is 1. The van der Waals surface area contributed by atoms with Crippen LogP contribution >= 0.6 is 34.7 Å². The van der Waals surface area contributed by atoms with E-state index in [0.29, 0.717) is 10.1 Å². The average molecular weight is 491 g/mol. The quantitative estimate of drug-likeness (QED) is 0.466. The molecule has 0 saturated carbocycles. The number of rotatable bonds is 8. The lowest BCUT2D eigenvalue weighted by Crippen LogP contribution is -2.38. The third-order valence-electron chi connectivity index (χ3n) is 3.83. The molecule has 0 radical (unpaired) electrons. The van der Waals surface area contributed by atoms with Crippen molar-refractivity contribution in [2.75, 3.05) is 17.6 Å².